The van der Waals surface area contributed by atoms with E-state index in [1.165, 1.54) is 0 Å². The van der Waals surface area contributed by atoms with Gasteiger partial charge in [-0.25, -0.2) is 0 Å². The van der Waals surface area contributed by atoms with Crippen molar-refractivity contribution in [2.45, 2.75) is 19.3 Å². The Morgan fingerprint density at radius 2 is 2.05 bits per heavy atom. The molecular formula is C14H17Cl2NO2. The lowest BCUT2D eigenvalue weighted by atomic mass is 10.1. The van der Waals surface area contributed by atoms with Crippen LogP contribution in [0.1, 0.15) is 24.8 Å². The fraction of sp³-hybridized carbons (Fsp3) is 0.500. The van der Waals surface area contributed by atoms with Crippen LogP contribution in [0.4, 0.5) is 0 Å². The minimum absolute atomic E-state index is 0.000395. The number of nitrogens with one attached hydrogen (secondary N) is 1. The molecule has 1 aromatic rings. The summed E-state index contributed by atoms with van der Waals surface area (Å²) in [6.07, 6.45) is 0.829. The van der Waals surface area contributed by atoms with E-state index in [9.17, 15) is 4.79 Å². The van der Waals surface area contributed by atoms with Crippen LogP contribution >= 0.6 is 23.2 Å². The third-order valence-electron chi connectivity index (χ3n) is 3.38. The molecule has 1 aliphatic rings. The summed E-state index contributed by atoms with van der Waals surface area (Å²) in [6.45, 7) is 2.48. The first-order valence-electron chi connectivity index (χ1n) is 6.35. The van der Waals surface area contributed by atoms with Crippen LogP contribution in [0.25, 0.3) is 0 Å². The Morgan fingerprint density at radius 1 is 1.42 bits per heavy atom. The standard InChI is InChI=1S/C14H17Cl2NO2/c1-8(7-18)6-17-14(19)13-5-12(13)9-2-10(15)4-11(16)3-9/h2-4,8,12-13,18H,5-7H2,1H3,(H,17,19). The molecule has 104 valence electrons. The molecule has 3 unspecified atom stereocenters. The Kier molecular flexibility index (Phi) is 4.71. The van der Waals surface area contributed by atoms with Crippen molar-refractivity contribution in [2.24, 2.45) is 11.8 Å². The van der Waals surface area contributed by atoms with Crippen LogP contribution in [0.3, 0.4) is 0 Å². The molecule has 19 heavy (non-hydrogen) atoms. The highest BCUT2D eigenvalue weighted by molar-refractivity contribution is 6.34. The highest BCUT2D eigenvalue weighted by Crippen LogP contribution is 2.48. The van der Waals surface area contributed by atoms with Gasteiger partial charge in [0.15, 0.2) is 0 Å². The highest BCUT2D eigenvalue weighted by Gasteiger charge is 2.44. The van der Waals surface area contributed by atoms with E-state index >= 15 is 0 Å². The summed E-state index contributed by atoms with van der Waals surface area (Å²) in [7, 11) is 0. The van der Waals surface area contributed by atoms with Crippen molar-refractivity contribution in [2.75, 3.05) is 13.2 Å². The average Bonchev–Trinajstić information content (AvgIpc) is 3.14. The van der Waals surface area contributed by atoms with Gasteiger partial charge in [0.25, 0.3) is 0 Å². The van der Waals surface area contributed by atoms with Crippen molar-refractivity contribution in [1.29, 1.82) is 0 Å². The first kappa shape index (κ1) is 14.6. The largest absolute Gasteiger partial charge is 0.396 e. The Bertz CT molecular complexity index is 458. The van der Waals surface area contributed by atoms with Crippen LogP contribution < -0.4 is 5.32 Å². The van der Waals surface area contributed by atoms with Gasteiger partial charge in [-0.1, -0.05) is 30.1 Å². The van der Waals surface area contributed by atoms with Crippen molar-refractivity contribution < 1.29 is 9.90 Å². The fourth-order valence-electron chi connectivity index (χ4n) is 2.11. The Balaban J connectivity index is 1.91. The van der Waals surface area contributed by atoms with E-state index in [0.29, 0.717) is 16.6 Å². The van der Waals surface area contributed by atoms with E-state index in [4.69, 9.17) is 28.3 Å². The third-order valence-corrected chi connectivity index (χ3v) is 3.81. The van der Waals surface area contributed by atoms with Crippen LogP contribution in [0, 0.1) is 11.8 Å². The predicted octanol–water partition coefficient (Wildman–Crippen LogP) is 2.84. The lowest BCUT2D eigenvalue weighted by Gasteiger charge is -2.09. The molecule has 3 atom stereocenters. The summed E-state index contributed by atoms with van der Waals surface area (Å²) in [6, 6.07) is 5.41. The van der Waals surface area contributed by atoms with Crippen molar-refractivity contribution in [3.63, 3.8) is 0 Å². The normalized spacial score (nSPS) is 22.9. The second-order valence-electron chi connectivity index (χ2n) is 5.18. The number of carbonyl (C=O) groups excluding carboxylic acids is 1. The summed E-state index contributed by atoms with van der Waals surface area (Å²) in [4.78, 5) is 11.9. The maximum Gasteiger partial charge on any atom is 0.223 e. The Labute approximate surface area is 122 Å². The monoisotopic (exact) mass is 301 g/mol. The summed E-state index contributed by atoms with van der Waals surface area (Å²) >= 11 is 11.9. The maximum atomic E-state index is 11.9. The number of carbonyl (C=O) groups is 1. The van der Waals surface area contributed by atoms with Crippen LogP contribution in [0.2, 0.25) is 10.0 Å². The first-order valence-corrected chi connectivity index (χ1v) is 7.11. The summed E-state index contributed by atoms with van der Waals surface area (Å²) < 4.78 is 0. The van der Waals surface area contributed by atoms with Crippen molar-refractivity contribution >= 4 is 29.1 Å². The second-order valence-corrected chi connectivity index (χ2v) is 6.06. The van der Waals surface area contributed by atoms with Gasteiger partial charge in [-0.2, -0.15) is 0 Å². The molecule has 3 nitrogen and oxygen atoms in total. The minimum atomic E-state index is 0.000395. The number of hydrogen-bond acceptors (Lipinski definition) is 2. The molecule has 0 bridgehead atoms. The lowest BCUT2D eigenvalue weighted by Crippen LogP contribution is -2.31. The Hall–Kier alpha value is -0.770. The molecule has 2 N–H and O–H groups in total. The molecule has 0 saturated heterocycles. The van der Waals surface area contributed by atoms with Gasteiger partial charge >= 0.3 is 0 Å². The molecule has 1 saturated carbocycles. The number of aliphatic hydroxyl groups is 1. The lowest BCUT2D eigenvalue weighted by molar-refractivity contribution is -0.122. The van der Waals surface area contributed by atoms with Gasteiger partial charge in [0.2, 0.25) is 5.91 Å². The quantitative estimate of drug-likeness (QED) is 0.878. The average molecular weight is 302 g/mol. The van der Waals surface area contributed by atoms with E-state index in [1.807, 2.05) is 19.1 Å². The van der Waals surface area contributed by atoms with Crippen LogP contribution in [0.5, 0.6) is 0 Å². The van der Waals surface area contributed by atoms with Crippen LogP contribution in [-0.2, 0) is 4.79 Å². The van der Waals surface area contributed by atoms with E-state index in [1.54, 1.807) is 6.07 Å². The van der Waals surface area contributed by atoms with Gasteiger partial charge < -0.3 is 10.4 Å². The van der Waals surface area contributed by atoms with E-state index in [0.717, 1.165) is 12.0 Å². The molecule has 0 aromatic heterocycles. The number of aliphatic hydroxyl groups excluding tert-OH is 1. The zero-order chi connectivity index (χ0) is 14.0. The number of rotatable bonds is 5. The topological polar surface area (TPSA) is 49.3 Å². The summed E-state index contributed by atoms with van der Waals surface area (Å²) in [5.74, 6) is 0.337. The molecule has 1 aliphatic carbocycles. The fourth-order valence-corrected chi connectivity index (χ4v) is 2.66. The maximum absolute atomic E-state index is 11.9. The SMILES string of the molecule is CC(CO)CNC(=O)C1CC1c1cc(Cl)cc(Cl)c1. The zero-order valence-corrected chi connectivity index (χ0v) is 12.2. The second kappa shape index (κ2) is 6.12. The van der Waals surface area contributed by atoms with Crippen molar-refractivity contribution in [3.8, 4) is 0 Å². The molecule has 1 amide bonds. The van der Waals surface area contributed by atoms with Crippen LogP contribution in [-0.4, -0.2) is 24.2 Å². The van der Waals surface area contributed by atoms with Crippen molar-refractivity contribution in [3.05, 3.63) is 33.8 Å². The van der Waals surface area contributed by atoms with Gasteiger partial charge in [-0.3, -0.25) is 4.79 Å². The molecule has 0 spiro atoms. The number of amides is 1. The predicted molar refractivity (Wildman–Crippen MR) is 76.6 cm³/mol. The summed E-state index contributed by atoms with van der Waals surface area (Å²) in [5.41, 5.74) is 1.02. The molecule has 0 aliphatic heterocycles. The van der Waals surface area contributed by atoms with Gasteiger partial charge in [0.05, 0.1) is 0 Å². The number of benzene rings is 1. The first-order chi connectivity index (χ1) is 9.01. The van der Waals surface area contributed by atoms with Gasteiger partial charge in [-0.15, -0.1) is 0 Å². The van der Waals surface area contributed by atoms with E-state index < -0.39 is 0 Å². The van der Waals surface area contributed by atoms with E-state index in [2.05, 4.69) is 5.32 Å². The molecule has 0 radical (unpaired) electrons. The molecule has 1 aromatic carbocycles. The number of halogens is 2. The smallest absolute Gasteiger partial charge is 0.223 e. The zero-order valence-electron chi connectivity index (χ0n) is 10.7. The summed E-state index contributed by atoms with van der Waals surface area (Å²) in [5, 5.41) is 13.0. The van der Waals surface area contributed by atoms with E-state index in [-0.39, 0.29) is 30.3 Å². The van der Waals surface area contributed by atoms with Gasteiger partial charge in [0.1, 0.15) is 0 Å². The Morgan fingerprint density at radius 3 is 2.63 bits per heavy atom. The van der Waals surface area contributed by atoms with Gasteiger partial charge in [-0.05, 0) is 42.0 Å². The molecule has 2 rings (SSSR count). The van der Waals surface area contributed by atoms with Gasteiger partial charge in [0, 0.05) is 29.1 Å². The molecule has 1 fully saturated rings. The van der Waals surface area contributed by atoms with Crippen molar-refractivity contribution in [1.82, 2.24) is 5.32 Å². The molecular weight excluding hydrogens is 285 g/mol. The minimum Gasteiger partial charge on any atom is -0.396 e. The molecule has 0 heterocycles. The highest BCUT2D eigenvalue weighted by atomic mass is 35.5. The van der Waals surface area contributed by atoms with Crippen LogP contribution in [0.15, 0.2) is 18.2 Å². The third kappa shape index (κ3) is 3.85. The number of hydrogen-bond donors (Lipinski definition) is 2. The molecule has 5 heteroatoms.